The average molecular weight is 1140 g/mol. The number of benzene rings is 8. The molecular weight excluding hydrogens is 1090 g/mol. The van der Waals surface area contributed by atoms with Crippen LogP contribution in [-0.2, 0) is 0 Å². The number of thiophene rings is 2. The zero-order chi connectivity index (χ0) is 53.3. The second-order valence-electron chi connectivity index (χ2n) is 18.4. The number of halogens is 4. The van der Waals surface area contributed by atoms with Crippen molar-refractivity contribution in [2.75, 3.05) is 13.2 Å². The van der Waals surface area contributed by atoms with E-state index in [2.05, 4.69) is 72.4 Å². The Kier molecular flexibility index (Phi) is 15.3. The van der Waals surface area contributed by atoms with Crippen LogP contribution in [-0.4, -0.2) is 13.2 Å². The summed E-state index contributed by atoms with van der Waals surface area (Å²) >= 11 is 10.9. The molecule has 12 heteroatoms. The molecule has 0 fully saturated rings. The molecule has 4 heterocycles. The van der Waals surface area contributed by atoms with Crippen molar-refractivity contribution in [3.8, 4) is 89.4 Å². The van der Waals surface area contributed by atoms with E-state index >= 15 is 17.6 Å². The monoisotopic (exact) mass is 1140 g/mol. The van der Waals surface area contributed by atoms with Crippen LogP contribution in [0.5, 0.6) is 11.5 Å². The van der Waals surface area contributed by atoms with Gasteiger partial charge in [0.05, 0.1) is 22.4 Å². The first-order valence-electron chi connectivity index (χ1n) is 25.2. The SMILES string of the molecule is C=CCCOc1ccc(-c2ccc(-c3ccc(-c4csc(C5Sc6ccccc6S5)c4-c4c(-c5ccc(-c6ccc(-c7ccc(OCCC=C)cc7)c(F)c6F)cc5)csc4C4Sc5ccccc5S4)cc3)c(F)c2F)cc1. The van der Waals surface area contributed by atoms with E-state index in [0.717, 1.165) is 33.4 Å². The fourth-order valence-electron chi connectivity index (χ4n) is 9.68. The first-order valence-corrected chi connectivity index (χ1v) is 30.5. The smallest absolute Gasteiger partial charge is 0.167 e. The molecule has 2 aliphatic heterocycles. The van der Waals surface area contributed by atoms with E-state index in [9.17, 15) is 0 Å². The van der Waals surface area contributed by atoms with Crippen LogP contribution in [0.4, 0.5) is 17.6 Å². The summed E-state index contributed by atoms with van der Waals surface area (Å²) in [5.41, 5.74) is 9.09. The van der Waals surface area contributed by atoms with Crippen LogP contribution < -0.4 is 9.47 Å². The number of ether oxygens (including phenoxy) is 2. The van der Waals surface area contributed by atoms with Gasteiger partial charge in [-0.25, -0.2) is 17.6 Å². The third-order valence-electron chi connectivity index (χ3n) is 13.6. The molecule has 0 unspecified atom stereocenters. The van der Waals surface area contributed by atoms with Crippen molar-refractivity contribution in [1.82, 2.24) is 0 Å². The molecule has 386 valence electrons. The van der Waals surface area contributed by atoms with Crippen molar-refractivity contribution in [3.05, 3.63) is 239 Å². The minimum absolute atomic E-state index is 0.0607. The molecule has 10 aromatic rings. The van der Waals surface area contributed by atoms with Gasteiger partial charge in [-0.05, 0) is 106 Å². The summed E-state index contributed by atoms with van der Waals surface area (Å²) in [5.74, 6) is -2.36. The van der Waals surface area contributed by atoms with Gasteiger partial charge in [0.1, 0.15) is 11.5 Å². The van der Waals surface area contributed by atoms with Crippen molar-refractivity contribution >= 4 is 69.7 Å². The fourth-order valence-corrected chi connectivity index (χ4v) is 18.2. The Hall–Kier alpha value is -6.64. The molecule has 0 aliphatic carbocycles. The van der Waals surface area contributed by atoms with Gasteiger partial charge in [-0.15, -0.1) is 82.9 Å². The number of fused-ring (bicyclic) bond motifs is 2. The number of hydrogen-bond donors (Lipinski definition) is 0. The fraction of sp³-hybridized carbons (Fsp3) is 0.0909. The first-order chi connectivity index (χ1) is 38.2. The maximum Gasteiger partial charge on any atom is 0.167 e. The Morgan fingerprint density at radius 1 is 0.359 bits per heavy atom. The summed E-state index contributed by atoms with van der Waals surface area (Å²) < 4.78 is 76.0. The first kappa shape index (κ1) is 52.1. The molecule has 0 atom stereocenters. The lowest BCUT2D eigenvalue weighted by Crippen LogP contribution is -1.96. The van der Waals surface area contributed by atoms with E-state index in [-0.39, 0.29) is 31.4 Å². The summed E-state index contributed by atoms with van der Waals surface area (Å²) in [7, 11) is 0. The van der Waals surface area contributed by atoms with E-state index in [4.69, 9.17) is 9.47 Å². The zero-order valence-corrected chi connectivity index (χ0v) is 46.5. The summed E-state index contributed by atoms with van der Waals surface area (Å²) in [6.07, 6.45) is 4.97. The van der Waals surface area contributed by atoms with Gasteiger partial charge in [0, 0.05) is 73.8 Å². The molecule has 0 saturated carbocycles. The van der Waals surface area contributed by atoms with Crippen LogP contribution in [0, 0.1) is 23.3 Å². The lowest BCUT2D eigenvalue weighted by molar-refractivity contribution is 0.325. The highest BCUT2D eigenvalue weighted by atomic mass is 32.2. The van der Waals surface area contributed by atoms with Gasteiger partial charge < -0.3 is 9.47 Å². The normalized spacial score (nSPS) is 13.1. The topological polar surface area (TPSA) is 18.5 Å². The molecular formula is C66H46F4O2S6. The van der Waals surface area contributed by atoms with Crippen LogP contribution >= 0.6 is 69.7 Å². The van der Waals surface area contributed by atoms with Gasteiger partial charge >= 0.3 is 0 Å². The molecule has 0 N–H and O–H groups in total. The summed E-state index contributed by atoms with van der Waals surface area (Å²) in [6, 6.07) is 53.1. The third kappa shape index (κ3) is 10.3. The molecule has 0 radical (unpaired) electrons. The number of hydrogen-bond acceptors (Lipinski definition) is 8. The maximum atomic E-state index is 16.2. The van der Waals surface area contributed by atoms with Crippen molar-refractivity contribution < 1.29 is 27.0 Å². The van der Waals surface area contributed by atoms with Crippen LogP contribution in [0.1, 0.15) is 31.8 Å². The second kappa shape index (κ2) is 23.0. The predicted molar refractivity (Wildman–Crippen MR) is 322 cm³/mol. The highest BCUT2D eigenvalue weighted by Crippen LogP contribution is 2.65. The Bertz CT molecular complexity index is 3550. The Balaban J connectivity index is 0.918. The summed E-state index contributed by atoms with van der Waals surface area (Å²) in [4.78, 5) is 7.39. The minimum Gasteiger partial charge on any atom is -0.493 e. The molecule has 0 bridgehead atoms. The molecule has 0 saturated heterocycles. The third-order valence-corrected chi connectivity index (χ3v) is 22.0. The van der Waals surface area contributed by atoms with Crippen molar-refractivity contribution in [2.24, 2.45) is 0 Å². The molecule has 0 amide bonds. The molecule has 0 spiro atoms. The van der Waals surface area contributed by atoms with Crippen molar-refractivity contribution in [2.45, 2.75) is 41.6 Å². The van der Waals surface area contributed by atoms with Gasteiger partial charge in [0.15, 0.2) is 23.3 Å². The summed E-state index contributed by atoms with van der Waals surface area (Å²) in [5, 5.41) is 4.47. The molecule has 2 nitrogen and oxygen atoms in total. The number of thioether (sulfide) groups is 4. The quantitative estimate of drug-likeness (QED) is 0.0510. The van der Waals surface area contributed by atoms with Gasteiger partial charge in [-0.3, -0.25) is 0 Å². The van der Waals surface area contributed by atoms with Crippen LogP contribution in [0.15, 0.2) is 226 Å². The molecule has 12 rings (SSSR count). The molecule has 8 aromatic carbocycles. The zero-order valence-electron chi connectivity index (χ0n) is 41.7. The van der Waals surface area contributed by atoms with Crippen LogP contribution in [0.25, 0.3) is 77.9 Å². The van der Waals surface area contributed by atoms with E-state index < -0.39 is 23.3 Å². The number of rotatable bonds is 17. The second-order valence-corrected chi connectivity index (χ2v) is 25.4. The van der Waals surface area contributed by atoms with Crippen LogP contribution in [0.2, 0.25) is 0 Å². The Morgan fingerprint density at radius 2 is 0.628 bits per heavy atom. The predicted octanol–water partition coefficient (Wildman–Crippen LogP) is 21.7. The largest absolute Gasteiger partial charge is 0.493 e. The molecule has 78 heavy (non-hydrogen) atoms. The van der Waals surface area contributed by atoms with Gasteiger partial charge in [0.25, 0.3) is 0 Å². The van der Waals surface area contributed by atoms with E-state index in [1.807, 2.05) is 95.6 Å². The van der Waals surface area contributed by atoms with Gasteiger partial charge in [0.2, 0.25) is 0 Å². The maximum absolute atomic E-state index is 16.2. The highest BCUT2D eigenvalue weighted by Gasteiger charge is 2.36. The Labute approximate surface area is 476 Å². The Morgan fingerprint density at radius 3 is 0.910 bits per heavy atom. The van der Waals surface area contributed by atoms with Gasteiger partial charge in [-0.1, -0.05) is 133 Å². The lowest BCUT2D eigenvalue weighted by Gasteiger charge is -2.18. The minimum atomic E-state index is -0.914. The molecule has 2 aliphatic rings. The highest BCUT2D eigenvalue weighted by molar-refractivity contribution is 8.19. The van der Waals surface area contributed by atoms with Crippen molar-refractivity contribution in [3.63, 3.8) is 0 Å². The lowest BCUT2D eigenvalue weighted by atomic mass is 9.90. The van der Waals surface area contributed by atoms with Crippen LogP contribution in [0.3, 0.4) is 0 Å². The standard InChI is InChI=1S/C66H46F4O2S6/c1-3-5-35-71-45-27-23-41(24-28-45)49-33-31-47(59(67)61(49)69)39-15-19-43(20-16-39)51-37-73-63(65-75-53-11-7-8-12-54(53)76-65)57(51)58-52(38-74-64(58)66-77-55-13-9-10-14-56(55)78-66)44-21-17-40(18-22-44)48-32-34-50(62(70)60(48)68)42-25-29-46(30-26-42)72-36-6-4-2/h3-4,7-34,37-38,65-66H,1-2,5-6,35-36H2. The van der Waals surface area contributed by atoms with E-state index in [1.54, 1.807) is 108 Å². The van der Waals surface area contributed by atoms with E-state index in [1.165, 1.54) is 29.3 Å². The van der Waals surface area contributed by atoms with E-state index in [0.29, 0.717) is 59.8 Å². The van der Waals surface area contributed by atoms with Gasteiger partial charge in [-0.2, -0.15) is 0 Å². The van der Waals surface area contributed by atoms with Crippen molar-refractivity contribution in [1.29, 1.82) is 0 Å². The molecule has 2 aromatic heterocycles. The summed E-state index contributed by atoms with van der Waals surface area (Å²) in [6.45, 7) is 8.42. The average Bonchev–Trinajstić information content (AvgIpc) is 4.49.